The fourth-order valence-corrected chi connectivity index (χ4v) is 1.21. The number of rotatable bonds is 1. The maximum atomic E-state index is 9.40. The molecule has 1 saturated heterocycles. The first-order chi connectivity index (χ1) is 5.57. The molecule has 0 aromatic rings. The van der Waals surface area contributed by atoms with Gasteiger partial charge in [-0.3, -0.25) is 0 Å². The van der Waals surface area contributed by atoms with Crippen LogP contribution in [0.5, 0.6) is 0 Å². The normalized spacial score (nSPS) is 44.8. The number of hydrogen-bond acceptors (Lipinski definition) is 5. The highest BCUT2D eigenvalue weighted by atomic mass is 16.6. The first-order valence-corrected chi connectivity index (χ1v) is 3.99. The largest absolute Gasteiger partial charge is 0.392 e. The SMILES string of the molecule is CC1OC(CO)N(O)[C@@H](O)C1C. The zero-order chi connectivity index (χ0) is 9.30. The quantitative estimate of drug-likeness (QED) is 0.497. The van der Waals surface area contributed by atoms with Crippen molar-refractivity contribution in [3.63, 3.8) is 0 Å². The number of ether oxygens (including phenoxy) is 1. The van der Waals surface area contributed by atoms with E-state index >= 15 is 0 Å². The van der Waals surface area contributed by atoms with E-state index in [2.05, 4.69) is 0 Å². The van der Waals surface area contributed by atoms with E-state index in [4.69, 9.17) is 9.84 Å². The van der Waals surface area contributed by atoms with E-state index in [1.54, 1.807) is 13.8 Å². The summed E-state index contributed by atoms with van der Waals surface area (Å²) < 4.78 is 5.20. The van der Waals surface area contributed by atoms with Crippen LogP contribution in [0.4, 0.5) is 0 Å². The highest BCUT2D eigenvalue weighted by Crippen LogP contribution is 2.23. The first kappa shape index (κ1) is 9.88. The lowest BCUT2D eigenvalue weighted by atomic mass is 10.0. The van der Waals surface area contributed by atoms with Gasteiger partial charge in [-0.25, -0.2) is 0 Å². The molecule has 72 valence electrons. The van der Waals surface area contributed by atoms with Crippen LogP contribution in [0.2, 0.25) is 0 Å². The molecule has 0 aromatic carbocycles. The molecule has 5 nitrogen and oxygen atoms in total. The standard InChI is InChI=1S/C7H15NO4/c1-4-5(2)12-6(3-9)8(11)7(4)10/h4-7,9-11H,3H2,1-2H3/t4?,5?,6?,7-/m0/s1. The van der Waals surface area contributed by atoms with Crippen molar-refractivity contribution in [1.82, 2.24) is 5.06 Å². The fourth-order valence-electron chi connectivity index (χ4n) is 1.21. The van der Waals surface area contributed by atoms with Crippen LogP contribution in [0.25, 0.3) is 0 Å². The highest BCUT2D eigenvalue weighted by molar-refractivity contribution is 4.75. The minimum atomic E-state index is -0.967. The second-order valence-corrected chi connectivity index (χ2v) is 3.13. The molecular weight excluding hydrogens is 162 g/mol. The summed E-state index contributed by atoms with van der Waals surface area (Å²) in [5.74, 6) is -0.169. The van der Waals surface area contributed by atoms with Gasteiger partial charge in [0.2, 0.25) is 0 Å². The van der Waals surface area contributed by atoms with E-state index in [0.29, 0.717) is 5.06 Å². The van der Waals surface area contributed by atoms with Crippen molar-refractivity contribution >= 4 is 0 Å². The maximum Gasteiger partial charge on any atom is 0.159 e. The Labute approximate surface area is 71.1 Å². The number of nitrogens with zero attached hydrogens (tertiary/aromatic N) is 1. The van der Waals surface area contributed by atoms with Crippen molar-refractivity contribution in [2.45, 2.75) is 32.4 Å². The van der Waals surface area contributed by atoms with Gasteiger partial charge in [0.05, 0.1) is 12.7 Å². The summed E-state index contributed by atoms with van der Waals surface area (Å²) in [4.78, 5) is 0. The van der Waals surface area contributed by atoms with Gasteiger partial charge in [0.1, 0.15) is 6.23 Å². The molecule has 1 aliphatic rings. The van der Waals surface area contributed by atoms with Gasteiger partial charge >= 0.3 is 0 Å². The lowest BCUT2D eigenvalue weighted by Crippen LogP contribution is -2.56. The van der Waals surface area contributed by atoms with Gasteiger partial charge in [0.15, 0.2) is 6.23 Å². The van der Waals surface area contributed by atoms with Gasteiger partial charge in [-0.1, -0.05) is 6.92 Å². The molecule has 3 unspecified atom stereocenters. The third kappa shape index (κ3) is 1.60. The Bertz CT molecular complexity index is 150. The molecule has 0 saturated carbocycles. The van der Waals surface area contributed by atoms with Crippen molar-refractivity contribution in [3.8, 4) is 0 Å². The summed E-state index contributed by atoms with van der Waals surface area (Å²) in [6.45, 7) is 3.24. The molecule has 0 aromatic heterocycles. The monoisotopic (exact) mass is 177 g/mol. The van der Waals surface area contributed by atoms with E-state index in [-0.39, 0.29) is 18.6 Å². The molecule has 0 bridgehead atoms. The lowest BCUT2D eigenvalue weighted by Gasteiger charge is -2.41. The Morgan fingerprint density at radius 3 is 2.50 bits per heavy atom. The van der Waals surface area contributed by atoms with E-state index in [9.17, 15) is 10.3 Å². The second kappa shape index (κ2) is 3.68. The summed E-state index contributed by atoms with van der Waals surface area (Å²) in [5.41, 5.74) is 0. The average molecular weight is 177 g/mol. The van der Waals surface area contributed by atoms with Crippen molar-refractivity contribution in [2.75, 3.05) is 6.61 Å². The van der Waals surface area contributed by atoms with Crippen LogP contribution in [-0.2, 0) is 4.74 Å². The third-order valence-electron chi connectivity index (χ3n) is 2.30. The smallest absolute Gasteiger partial charge is 0.159 e. The summed E-state index contributed by atoms with van der Waals surface area (Å²) >= 11 is 0. The van der Waals surface area contributed by atoms with Gasteiger partial charge in [-0.15, -0.1) is 5.06 Å². The van der Waals surface area contributed by atoms with Gasteiger partial charge in [-0.2, -0.15) is 0 Å². The molecule has 0 radical (unpaired) electrons. The van der Waals surface area contributed by atoms with Crippen LogP contribution in [0.15, 0.2) is 0 Å². The Kier molecular flexibility index (Phi) is 3.03. The highest BCUT2D eigenvalue weighted by Gasteiger charge is 2.37. The molecule has 0 aliphatic carbocycles. The zero-order valence-electron chi connectivity index (χ0n) is 7.21. The van der Waals surface area contributed by atoms with E-state index in [1.165, 1.54) is 0 Å². The summed E-state index contributed by atoms with van der Waals surface area (Å²) in [7, 11) is 0. The van der Waals surface area contributed by atoms with Gasteiger partial charge in [0, 0.05) is 5.92 Å². The first-order valence-electron chi connectivity index (χ1n) is 3.99. The number of hydroxylamine groups is 2. The van der Waals surface area contributed by atoms with Crippen LogP contribution >= 0.6 is 0 Å². The van der Waals surface area contributed by atoms with Crippen LogP contribution in [-0.4, -0.2) is 45.7 Å². The molecular formula is C7H15NO4. The van der Waals surface area contributed by atoms with Gasteiger partial charge in [0.25, 0.3) is 0 Å². The van der Waals surface area contributed by atoms with Crippen LogP contribution in [0.3, 0.4) is 0 Å². The average Bonchev–Trinajstić information content (AvgIpc) is 2.08. The lowest BCUT2D eigenvalue weighted by molar-refractivity contribution is -0.348. The van der Waals surface area contributed by atoms with Gasteiger partial charge < -0.3 is 20.2 Å². The van der Waals surface area contributed by atoms with E-state index in [0.717, 1.165) is 0 Å². The molecule has 1 aliphatic heterocycles. The van der Waals surface area contributed by atoms with Crippen LogP contribution in [0, 0.1) is 5.92 Å². The summed E-state index contributed by atoms with van der Waals surface area (Å²) in [6.07, 6.45) is -1.95. The van der Waals surface area contributed by atoms with Crippen molar-refractivity contribution < 1.29 is 20.2 Å². The molecule has 1 rings (SSSR count). The van der Waals surface area contributed by atoms with E-state index in [1.807, 2.05) is 0 Å². The minimum Gasteiger partial charge on any atom is -0.392 e. The molecule has 5 heteroatoms. The van der Waals surface area contributed by atoms with Crippen LogP contribution < -0.4 is 0 Å². The van der Waals surface area contributed by atoms with Crippen molar-refractivity contribution in [1.29, 1.82) is 0 Å². The van der Waals surface area contributed by atoms with Crippen molar-refractivity contribution in [2.24, 2.45) is 5.92 Å². The Hall–Kier alpha value is -0.200. The topological polar surface area (TPSA) is 73.2 Å². The number of aliphatic hydroxyl groups excluding tert-OH is 2. The Balaban J connectivity index is 2.63. The predicted molar refractivity (Wildman–Crippen MR) is 40.2 cm³/mol. The maximum absolute atomic E-state index is 9.40. The minimum absolute atomic E-state index is 0.166. The summed E-state index contributed by atoms with van der Waals surface area (Å²) in [6, 6.07) is 0. The van der Waals surface area contributed by atoms with Crippen molar-refractivity contribution in [3.05, 3.63) is 0 Å². The molecule has 3 N–H and O–H groups in total. The molecule has 1 fully saturated rings. The Morgan fingerprint density at radius 1 is 1.42 bits per heavy atom. The molecule has 12 heavy (non-hydrogen) atoms. The number of aliphatic hydroxyl groups is 2. The number of hydrogen-bond donors (Lipinski definition) is 3. The molecule has 1 heterocycles. The molecule has 0 amide bonds. The second-order valence-electron chi connectivity index (χ2n) is 3.13. The third-order valence-corrected chi connectivity index (χ3v) is 2.30. The predicted octanol–water partition coefficient (Wildman–Crippen LogP) is -0.631. The molecule has 4 atom stereocenters. The van der Waals surface area contributed by atoms with E-state index < -0.39 is 12.5 Å². The van der Waals surface area contributed by atoms with Gasteiger partial charge in [-0.05, 0) is 6.92 Å². The molecule has 0 spiro atoms. The summed E-state index contributed by atoms with van der Waals surface area (Å²) in [5, 5.41) is 28.0. The fraction of sp³-hybridized carbons (Fsp3) is 1.00. The van der Waals surface area contributed by atoms with Crippen LogP contribution in [0.1, 0.15) is 13.8 Å². The Morgan fingerprint density at radius 2 is 2.00 bits per heavy atom. The zero-order valence-corrected chi connectivity index (χ0v) is 7.21.